The number of halogens is 2. The Hall–Kier alpha value is -2.96. The van der Waals surface area contributed by atoms with Gasteiger partial charge in [-0.05, 0) is 18.2 Å². The van der Waals surface area contributed by atoms with E-state index in [0.717, 1.165) is 44.6 Å². The van der Waals surface area contributed by atoms with Crippen LogP contribution >= 0.6 is 15.9 Å². The highest BCUT2D eigenvalue weighted by atomic mass is 79.9. The lowest BCUT2D eigenvalue weighted by molar-refractivity contribution is -0.695. The summed E-state index contributed by atoms with van der Waals surface area (Å²) >= 11 is 3.43. The van der Waals surface area contributed by atoms with Crippen LogP contribution in [0.2, 0.25) is 0 Å². The standard InChI is InChI=1S/C28H24BrN2O2.BrH/c1-2-27-30(16-17-31(27)19-25(32)20-12-14-22(29)15-13-20)18-24-23-10-6-7-11-26(23)33-28(24)21-8-4-3-5-9-21;/h3-17H,2,18-19H2,1H3;1H/q+1;/p-1. The van der Waals surface area contributed by atoms with Gasteiger partial charge in [0.1, 0.15) is 30.3 Å². The summed E-state index contributed by atoms with van der Waals surface area (Å²) in [5.41, 5.74) is 3.81. The van der Waals surface area contributed by atoms with E-state index in [1.54, 1.807) is 0 Å². The van der Waals surface area contributed by atoms with Crippen LogP contribution in [0, 0.1) is 0 Å². The lowest BCUT2D eigenvalue weighted by Gasteiger charge is -2.05. The van der Waals surface area contributed by atoms with Gasteiger partial charge in [0.15, 0.2) is 6.54 Å². The SMILES string of the molecule is CCc1n(CC(=O)c2ccc(Br)cc2)cc[n+]1Cc1c(-c2ccccc2)oc2ccccc12.[Br-]. The van der Waals surface area contributed by atoms with Crippen LogP contribution in [0.25, 0.3) is 22.3 Å². The van der Waals surface area contributed by atoms with Crippen LogP contribution in [-0.4, -0.2) is 10.4 Å². The molecule has 4 nitrogen and oxygen atoms in total. The van der Waals surface area contributed by atoms with Gasteiger partial charge in [-0.1, -0.05) is 83.5 Å². The topological polar surface area (TPSA) is 39.0 Å². The predicted molar refractivity (Wildman–Crippen MR) is 133 cm³/mol. The third kappa shape index (κ3) is 4.79. The number of carbonyl (C=O) groups excluding carboxylic acids is 1. The maximum absolute atomic E-state index is 12.9. The van der Waals surface area contributed by atoms with Crippen LogP contribution < -0.4 is 21.5 Å². The van der Waals surface area contributed by atoms with Crippen molar-refractivity contribution in [1.82, 2.24) is 4.57 Å². The summed E-state index contributed by atoms with van der Waals surface area (Å²) in [7, 11) is 0. The van der Waals surface area contributed by atoms with E-state index in [1.165, 1.54) is 0 Å². The highest BCUT2D eigenvalue weighted by Gasteiger charge is 2.23. The second-order valence-electron chi connectivity index (χ2n) is 8.03. The molecule has 0 radical (unpaired) electrons. The van der Waals surface area contributed by atoms with Crippen molar-refractivity contribution in [3.05, 3.63) is 113 Å². The minimum atomic E-state index is 0. The zero-order chi connectivity index (χ0) is 22.8. The fourth-order valence-electron chi connectivity index (χ4n) is 4.32. The molecular formula is C28H24Br2N2O2. The Morgan fingerprint density at radius 3 is 2.41 bits per heavy atom. The molecule has 0 amide bonds. The van der Waals surface area contributed by atoms with E-state index in [0.29, 0.717) is 18.7 Å². The molecule has 0 bridgehead atoms. The number of benzene rings is 3. The molecule has 172 valence electrons. The number of hydrogen-bond donors (Lipinski definition) is 0. The average Bonchev–Trinajstić information content (AvgIpc) is 3.41. The maximum Gasteiger partial charge on any atom is 0.256 e. The van der Waals surface area contributed by atoms with Gasteiger partial charge in [0.2, 0.25) is 5.78 Å². The Labute approximate surface area is 217 Å². The molecule has 0 aliphatic heterocycles. The van der Waals surface area contributed by atoms with Gasteiger partial charge in [0.05, 0.1) is 0 Å². The van der Waals surface area contributed by atoms with Crippen molar-refractivity contribution in [3.8, 4) is 11.3 Å². The summed E-state index contributed by atoms with van der Waals surface area (Å²) in [6.45, 7) is 3.11. The minimum absolute atomic E-state index is 0. The third-order valence-corrected chi connectivity index (χ3v) is 6.48. The Morgan fingerprint density at radius 1 is 0.971 bits per heavy atom. The van der Waals surface area contributed by atoms with Crippen molar-refractivity contribution in [3.63, 3.8) is 0 Å². The molecule has 0 aliphatic rings. The van der Waals surface area contributed by atoms with E-state index < -0.39 is 0 Å². The zero-order valence-electron chi connectivity index (χ0n) is 18.7. The summed E-state index contributed by atoms with van der Waals surface area (Å²) in [5.74, 6) is 2.09. The van der Waals surface area contributed by atoms with Gasteiger partial charge >= 0.3 is 0 Å². The lowest BCUT2D eigenvalue weighted by atomic mass is 10.1. The van der Waals surface area contributed by atoms with Crippen LogP contribution in [0.5, 0.6) is 0 Å². The molecule has 3 aromatic carbocycles. The van der Waals surface area contributed by atoms with Crippen LogP contribution in [0.1, 0.15) is 28.7 Å². The van der Waals surface area contributed by atoms with Gasteiger partial charge < -0.3 is 21.4 Å². The van der Waals surface area contributed by atoms with E-state index in [4.69, 9.17) is 4.42 Å². The number of carbonyl (C=O) groups is 1. The molecule has 0 saturated carbocycles. The Morgan fingerprint density at radius 2 is 1.68 bits per heavy atom. The monoisotopic (exact) mass is 578 g/mol. The Bertz CT molecular complexity index is 1420. The summed E-state index contributed by atoms with van der Waals surface area (Å²) < 4.78 is 11.5. The normalized spacial score (nSPS) is 10.9. The van der Waals surface area contributed by atoms with Crippen molar-refractivity contribution in [2.75, 3.05) is 0 Å². The van der Waals surface area contributed by atoms with Gasteiger partial charge in [0.25, 0.3) is 5.82 Å². The number of rotatable bonds is 7. The number of hydrogen-bond acceptors (Lipinski definition) is 2. The molecule has 0 N–H and O–H groups in total. The molecule has 5 aromatic rings. The molecule has 0 atom stereocenters. The lowest BCUT2D eigenvalue weighted by Crippen LogP contribution is -3.00. The molecule has 0 saturated heterocycles. The van der Waals surface area contributed by atoms with E-state index in [1.807, 2.05) is 66.9 Å². The van der Waals surface area contributed by atoms with E-state index in [2.05, 4.69) is 56.4 Å². The largest absolute Gasteiger partial charge is 1.00 e. The number of aromatic nitrogens is 2. The number of furan rings is 1. The number of nitrogens with zero attached hydrogens (tertiary/aromatic N) is 2. The van der Waals surface area contributed by atoms with Gasteiger partial charge in [0, 0.05) is 33.0 Å². The number of imidazole rings is 1. The first kappa shape index (κ1) is 24.2. The van der Waals surface area contributed by atoms with Crippen molar-refractivity contribution in [2.45, 2.75) is 26.4 Å². The third-order valence-electron chi connectivity index (χ3n) is 5.95. The summed E-state index contributed by atoms with van der Waals surface area (Å²) in [6.07, 6.45) is 4.88. The fraction of sp³-hybridized carbons (Fsp3) is 0.143. The van der Waals surface area contributed by atoms with Crippen LogP contribution in [0.15, 0.2) is 100 Å². The highest BCUT2D eigenvalue weighted by Crippen LogP contribution is 2.33. The van der Waals surface area contributed by atoms with Gasteiger partial charge in [-0.15, -0.1) is 0 Å². The van der Waals surface area contributed by atoms with Crippen molar-refractivity contribution in [2.24, 2.45) is 0 Å². The quantitative estimate of drug-likeness (QED) is 0.219. The molecule has 0 aliphatic carbocycles. The summed E-state index contributed by atoms with van der Waals surface area (Å²) in [5, 5.41) is 1.12. The molecule has 34 heavy (non-hydrogen) atoms. The number of ketones is 1. The first-order valence-electron chi connectivity index (χ1n) is 11.1. The molecule has 0 fully saturated rings. The van der Waals surface area contributed by atoms with Crippen molar-refractivity contribution >= 4 is 32.7 Å². The fourth-order valence-corrected chi connectivity index (χ4v) is 4.59. The van der Waals surface area contributed by atoms with Gasteiger partial charge in [-0.3, -0.25) is 4.79 Å². The Balaban J connectivity index is 0.00000274. The molecule has 6 heteroatoms. The van der Waals surface area contributed by atoms with Crippen LogP contribution in [0.4, 0.5) is 0 Å². The van der Waals surface area contributed by atoms with E-state index >= 15 is 0 Å². The van der Waals surface area contributed by atoms with Crippen molar-refractivity contribution < 1.29 is 30.8 Å². The van der Waals surface area contributed by atoms with E-state index in [9.17, 15) is 4.79 Å². The Kier molecular flexibility index (Phi) is 7.49. The van der Waals surface area contributed by atoms with Crippen molar-refractivity contribution in [1.29, 1.82) is 0 Å². The number of Topliss-reactive ketones (excluding diaryl/α,β-unsaturated/α-hetero) is 1. The second kappa shape index (κ2) is 10.5. The molecule has 0 spiro atoms. The maximum atomic E-state index is 12.9. The average molecular weight is 580 g/mol. The molecule has 0 unspecified atom stereocenters. The van der Waals surface area contributed by atoms with Gasteiger partial charge in [-0.25, -0.2) is 9.13 Å². The van der Waals surface area contributed by atoms with Gasteiger partial charge in [-0.2, -0.15) is 0 Å². The molecule has 5 rings (SSSR count). The predicted octanol–water partition coefficient (Wildman–Crippen LogP) is 3.45. The highest BCUT2D eigenvalue weighted by molar-refractivity contribution is 9.10. The molecule has 2 heterocycles. The smallest absolute Gasteiger partial charge is 0.256 e. The summed E-state index contributed by atoms with van der Waals surface area (Å²) in [4.78, 5) is 12.9. The first-order chi connectivity index (χ1) is 16.1. The van der Waals surface area contributed by atoms with E-state index in [-0.39, 0.29) is 22.8 Å². The minimum Gasteiger partial charge on any atom is -1.00 e. The summed E-state index contributed by atoms with van der Waals surface area (Å²) in [6, 6.07) is 25.9. The zero-order valence-corrected chi connectivity index (χ0v) is 21.9. The molecule has 2 aromatic heterocycles. The second-order valence-corrected chi connectivity index (χ2v) is 8.94. The number of fused-ring (bicyclic) bond motifs is 1. The van der Waals surface area contributed by atoms with Crippen LogP contribution in [0.3, 0.4) is 0 Å². The van der Waals surface area contributed by atoms with Crippen LogP contribution in [-0.2, 0) is 19.5 Å². The first-order valence-corrected chi connectivity index (χ1v) is 11.9. The number of para-hydroxylation sites is 1. The molecular weight excluding hydrogens is 556 g/mol.